The van der Waals surface area contributed by atoms with Crippen molar-refractivity contribution in [2.75, 3.05) is 37.2 Å². The first-order chi connectivity index (χ1) is 43.9. The van der Waals surface area contributed by atoms with E-state index in [1.165, 1.54) is 8.61 Å². The van der Waals surface area contributed by atoms with Gasteiger partial charge in [0.2, 0.25) is 40.1 Å². The first kappa shape index (κ1) is 77.0. The van der Waals surface area contributed by atoms with Crippen molar-refractivity contribution < 1.29 is 98.7 Å². The maximum atomic E-state index is 14.1. The molecule has 8 aromatic carbocycles. The number of sulfonamides is 4. The Morgan fingerprint density at radius 1 is 0.351 bits per heavy atom. The van der Waals surface area contributed by atoms with Gasteiger partial charge in [-0.05, 0) is 84.6 Å². The van der Waals surface area contributed by atoms with Gasteiger partial charge < -0.3 is 29.9 Å². The van der Waals surface area contributed by atoms with Gasteiger partial charge in [0.25, 0.3) is 0 Å². The van der Waals surface area contributed by atoms with Crippen LogP contribution in [0.4, 0.5) is 35.1 Å². The van der Waals surface area contributed by atoms with Crippen LogP contribution in [0, 0.1) is 60.4 Å². The summed E-state index contributed by atoms with van der Waals surface area (Å²) in [4.78, 5) is 0. The van der Waals surface area contributed by atoms with Crippen LogP contribution in [0.1, 0.15) is 80.1 Å². The van der Waals surface area contributed by atoms with Gasteiger partial charge in [-0.2, -0.15) is 8.61 Å². The lowest BCUT2D eigenvalue weighted by molar-refractivity contribution is 0.193. The summed E-state index contributed by atoms with van der Waals surface area (Å²) in [5, 5.41) is 48.8. The number of primary sulfonamides is 2. The Labute approximate surface area is 540 Å². The van der Waals surface area contributed by atoms with Gasteiger partial charge in [-0.1, -0.05) is 108 Å². The van der Waals surface area contributed by atoms with E-state index in [-0.39, 0.29) is 48.4 Å². The average Bonchev–Trinajstić information content (AvgIpc) is 0.838. The molecule has 8 aromatic rings. The van der Waals surface area contributed by atoms with Gasteiger partial charge in [0.1, 0.15) is 58.0 Å². The second kappa shape index (κ2) is 34.6. The molecule has 0 fully saturated rings. The molecule has 0 aliphatic rings. The van der Waals surface area contributed by atoms with Crippen molar-refractivity contribution in [1.29, 1.82) is 0 Å². The molecule has 0 saturated carbocycles. The van der Waals surface area contributed by atoms with Crippen LogP contribution in [-0.4, -0.2) is 99.9 Å². The third-order valence-electron chi connectivity index (χ3n) is 13.6. The molecule has 30 heteroatoms. The van der Waals surface area contributed by atoms with Crippen LogP contribution in [0.2, 0.25) is 0 Å². The van der Waals surface area contributed by atoms with Crippen LogP contribution in [0.15, 0.2) is 170 Å². The van der Waals surface area contributed by atoms with Gasteiger partial charge in [0, 0.05) is 72.7 Å². The molecular formula is C64H68F8N4O14S4. The van der Waals surface area contributed by atoms with Crippen molar-refractivity contribution in [1.82, 2.24) is 8.61 Å². The van der Waals surface area contributed by atoms with E-state index >= 15 is 0 Å². The van der Waals surface area contributed by atoms with E-state index < -0.39 is 134 Å². The maximum absolute atomic E-state index is 14.1. The van der Waals surface area contributed by atoms with Crippen LogP contribution in [0.3, 0.4) is 0 Å². The number of aryl methyl sites for hydroxylation is 2. The third kappa shape index (κ3) is 25.2. The second-order valence-electron chi connectivity index (χ2n) is 21.1. The summed E-state index contributed by atoms with van der Waals surface area (Å²) < 4.78 is 214. The fourth-order valence-electron chi connectivity index (χ4n) is 8.66. The van der Waals surface area contributed by atoms with E-state index in [0.717, 1.165) is 81.9 Å². The van der Waals surface area contributed by atoms with Crippen molar-refractivity contribution in [3.05, 3.63) is 272 Å². The first-order valence-corrected chi connectivity index (χ1v) is 34.4. The maximum Gasteiger partial charge on any atom is 0.217 e. The van der Waals surface area contributed by atoms with E-state index in [1.807, 2.05) is 62.4 Å². The largest absolute Gasteiger partial charge is 0.497 e. The Bertz CT molecular complexity index is 3990. The number of rotatable bonds is 24. The number of hydrogen-bond acceptors (Lipinski definition) is 14. The lowest BCUT2D eigenvalue weighted by Crippen LogP contribution is -2.34. The van der Waals surface area contributed by atoms with E-state index in [9.17, 15) is 89.2 Å². The fraction of sp³-hybridized carbons (Fsp3) is 0.250. The normalized spacial score (nSPS) is 13.1. The summed E-state index contributed by atoms with van der Waals surface area (Å²) in [5.74, 6) is -9.03. The van der Waals surface area contributed by atoms with E-state index in [1.54, 1.807) is 62.8 Å². The van der Waals surface area contributed by atoms with Gasteiger partial charge in [-0.15, -0.1) is 0 Å². The Hall–Kier alpha value is -7.72. The Kier molecular flexibility index (Phi) is 28.4. The van der Waals surface area contributed by atoms with Gasteiger partial charge >= 0.3 is 0 Å². The Morgan fingerprint density at radius 3 is 0.766 bits per heavy atom. The lowest BCUT2D eigenvalue weighted by atomic mass is 10.1. The summed E-state index contributed by atoms with van der Waals surface area (Å²) in [6.07, 6.45) is -6.48. The molecule has 0 heterocycles. The number of nitrogens with two attached hydrogens (primary N) is 2. The minimum Gasteiger partial charge on any atom is -0.497 e. The topological polar surface area (TPSA) is 294 Å². The molecule has 0 radical (unpaired) electrons. The monoisotopic (exact) mass is 1400 g/mol. The smallest absolute Gasteiger partial charge is 0.217 e. The summed E-state index contributed by atoms with van der Waals surface area (Å²) in [7, 11) is -12.8. The van der Waals surface area contributed by atoms with Crippen molar-refractivity contribution in [3.63, 3.8) is 0 Å². The zero-order chi connectivity index (χ0) is 69.9. The van der Waals surface area contributed by atoms with Crippen molar-refractivity contribution in [2.24, 2.45) is 10.3 Å². The predicted molar refractivity (Wildman–Crippen MR) is 336 cm³/mol. The molecule has 0 aromatic heterocycles. The van der Waals surface area contributed by atoms with Crippen LogP contribution < -0.4 is 19.8 Å². The first-order valence-electron chi connectivity index (χ1n) is 27.8. The standard InChI is InChI=1S/2C24H25F2NO4S.2C8H9F2NO3S/c2*1-17-3-5-18(6-4-17)14-27(15-19-7-10-21(31-2)11-8-19)32(29,30)16-24(28)22-12-9-20(25)13-23(22)26;2*9-5-1-2-6(7(10)3-5)8(12)4-15(11,13)14/h2*3-13,24,28H,14-16H2,1-2H3;2*1-3,8,12H,4H2,(H2,11,13,14)/t2*24-;2*8-/m1010/s1. The lowest BCUT2D eigenvalue weighted by Gasteiger charge is -2.24. The molecule has 0 aliphatic heterocycles. The number of halogens is 8. The molecule has 0 bridgehead atoms. The second-order valence-corrected chi connectivity index (χ2v) is 28.5. The predicted octanol–water partition coefficient (Wildman–Crippen LogP) is 9.27. The Morgan fingerprint density at radius 2 is 0.564 bits per heavy atom. The average molecular weight is 1400 g/mol. The molecule has 0 amide bonds. The van der Waals surface area contributed by atoms with Crippen molar-refractivity contribution in [2.45, 2.75) is 64.4 Å². The number of aliphatic hydroxyl groups excluding tert-OH is 4. The number of benzene rings is 8. The highest BCUT2D eigenvalue weighted by Gasteiger charge is 2.30. The molecule has 0 spiro atoms. The summed E-state index contributed by atoms with van der Waals surface area (Å²) in [5.41, 5.74) is 3.94. The molecule has 8 rings (SSSR count). The van der Waals surface area contributed by atoms with Gasteiger partial charge in [0.05, 0.1) is 61.6 Å². The number of methoxy groups -OCH3 is 2. The zero-order valence-corrected chi connectivity index (χ0v) is 54.0. The molecule has 18 nitrogen and oxygen atoms in total. The van der Waals surface area contributed by atoms with Crippen LogP contribution in [-0.2, 0) is 66.3 Å². The number of ether oxygens (including phenoxy) is 2. The quantitative estimate of drug-likeness (QED) is 0.0307. The highest BCUT2D eigenvalue weighted by molar-refractivity contribution is 7.89. The molecule has 0 unspecified atom stereocenters. The molecular weight excluding hydrogens is 1330 g/mol. The summed E-state index contributed by atoms with van der Waals surface area (Å²) in [6, 6.07) is 39.0. The van der Waals surface area contributed by atoms with E-state index in [4.69, 9.17) is 9.47 Å². The van der Waals surface area contributed by atoms with Crippen molar-refractivity contribution in [3.8, 4) is 11.5 Å². The Balaban J connectivity index is 0.000000241. The molecule has 0 aliphatic carbocycles. The highest BCUT2D eigenvalue weighted by Crippen LogP contribution is 2.28. The molecule has 508 valence electrons. The molecule has 94 heavy (non-hydrogen) atoms. The van der Waals surface area contributed by atoms with Gasteiger partial charge in [-0.25, -0.2) is 79.1 Å². The van der Waals surface area contributed by atoms with E-state index in [0.29, 0.717) is 35.8 Å². The van der Waals surface area contributed by atoms with Crippen LogP contribution in [0.5, 0.6) is 11.5 Å². The third-order valence-corrected chi connectivity index (χ3v) is 18.7. The van der Waals surface area contributed by atoms with Gasteiger partial charge in [0.15, 0.2) is 0 Å². The van der Waals surface area contributed by atoms with E-state index in [2.05, 4.69) is 10.3 Å². The molecule has 8 N–H and O–H groups in total. The van der Waals surface area contributed by atoms with Crippen LogP contribution in [0.25, 0.3) is 0 Å². The number of aliphatic hydroxyl groups is 4. The van der Waals surface area contributed by atoms with Crippen molar-refractivity contribution >= 4 is 40.1 Å². The summed E-state index contributed by atoms with van der Waals surface area (Å²) in [6.45, 7) is 4.13. The zero-order valence-electron chi connectivity index (χ0n) is 50.7. The minimum absolute atomic E-state index is 0.0544. The number of nitrogens with zero attached hydrogens (tertiary/aromatic N) is 2. The SMILES string of the molecule is COc1ccc(CN(Cc2ccc(C)cc2)S(=O)(=O)C[C@@H](O)c2ccc(F)cc2F)cc1.COc1ccc(CN(Cc2ccc(C)cc2)S(=O)(=O)C[C@H](O)c2ccc(F)cc2F)cc1.NS(=O)(=O)C[C@@H](O)c1ccc(F)cc1F.NS(=O)(=O)C[C@H](O)c1ccc(F)cc1F. The minimum atomic E-state index is -4.03. The fourth-order valence-corrected chi connectivity index (χ4v) is 12.9. The highest BCUT2D eigenvalue weighted by atomic mass is 32.2. The molecule has 0 saturated heterocycles. The van der Waals surface area contributed by atoms with Crippen LogP contribution >= 0.6 is 0 Å². The summed E-state index contributed by atoms with van der Waals surface area (Å²) >= 11 is 0. The number of hydrogen-bond donors (Lipinski definition) is 6. The molecule has 4 atom stereocenters. The van der Waals surface area contributed by atoms with Gasteiger partial charge in [-0.3, -0.25) is 0 Å².